The van der Waals surface area contributed by atoms with Crippen molar-refractivity contribution in [2.24, 2.45) is 0 Å². The number of benzene rings is 1. The summed E-state index contributed by atoms with van der Waals surface area (Å²) in [6.45, 7) is 1.81. The van der Waals surface area contributed by atoms with Crippen molar-refractivity contribution in [3.63, 3.8) is 0 Å². The lowest BCUT2D eigenvalue weighted by Crippen LogP contribution is -2.13. The van der Waals surface area contributed by atoms with Crippen LogP contribution in [-0.4, -0.2) is 23.0 Å². The van der Waals surface area contributed by atoms with E-state index in [9.17, 15) is 4.79 Å². The van der Waals surface area contributed by atoms with Gasteiger partial charge in [-0.25, -0.2) is 4.98 Å². The van der Waals surface area contributed by atoms with Gasteiger partial charge in [-0.2, -0.15) is 0 Å². The van der Waals surface area contributed by atoms with Gasteiger partial charge in [0.1, 0.15) is 5.75 Å². The van der Waals surface area contributed by atoms with Crippen LogP contribution in [0.2, 0.25) is 0 Å². The van der Waals surface area contributed by atoms with Gasteiger partial charge in [0.05, 0.1) is 25.3 Å². The van der Waals surface area contributed by atoms with Crippen molar-refractivity contribution >= 4 is 11.9 Å². The van der Waals surface area contributed by atoms with Crippen molar-refractivity contribution in [2.45, 2.75) is 6.92 Å². The van der Waals surface area contributed by atoms with Crippen LogP contribution in [0.25, 0.3) is 11.3 Å². The maximum absolute atomic E-state index is 12.1. The third-order valence-electron chi connectivity index (χ3n) is 3.26. The van der Waals surface area contributed by atoms with Crippen LogP contribution in [0.15, 0.2) is 47.2 Å². The number of hydrogen-bond acceptors (Lipinski definition) is 4. The van der Waals surface area contributed by atoms with Crippen molar-refractivity contribution in [2.75, 3.05) is 12.4 Å². The molecule has 112 valence electrons. The topological polar surface area (TPSA) is 80.2 Å². The Hall–Kier alpha value is -3.02. The molecule has 1 aromatic carbocycles. The van der Waals surface area contributed by atoms with Gasteiger partial charge < -0.3 is 14.1 Å². The number of aromatic nitrogens is 2. The number of imidazole rings is 1. The number of H-pyrrole nitrogens is 1. The van der Waals surface area contributed by atoms with Gasteiger partial charge in [-0.05, 0) is 25.1 Å². The Balaban J connectivity index is 1.79. The zero-order chi connectivity index (χ0) is 15.5. The predicted octanol–water partition coefficient (Wildman–Crippen LogP) is 3.24. The second-order valence-electron chi connectivity index (χ2n) is 4.76. The maximum atomic E-state index is 12.1. The number of carbonyl (C=O) groups excluding carboxylic acids is 1. The van der Waals surface area contributed by atoms with Crippen molar-refractivity contribution in [1.82, 2.24) is 9.97 Å². The van der Waals surface area contributed by atoms with Gasteiger partial charge in [0, 0.05) is 11.1 Å². The summed E-state index contributed by atoms with van der Waals surface area (Å²) in [7, 11) is 1.61. The molecule has 2 heterocycles. The number of nitrogens with one attached hydrogen (secondary N) is 2. The zero-order valence-corrected chi connectivity index (χ0v) is 12.2. The highest BCUT2D eigenvalue weighted by Crippen LogP contribution is 2.23. The quantitative estimate of drug-likeness (QED) is 0.774. The molecular weight excluding hydrogens is 282 g/mol. The van der Waals surface area contributed by atoms with Gasteiger partial charge in [-0.15, -0.1) is 0 Å². The number of methoxy groups -OCH3 is 1. The Labute approximate surface area is 127 Å². The van der Waals surface area contributed by atoms with Crippen molar-refractivity contribution in [3.05, 3.63) is 54.1 Å². The maximum Gasteiger partial charge on any atom is 0.293 e. The molecule has 0 fully saturated rings. The predicted molar refractivity (Wildman–Crippen MR) is 82.0 cm³/mol. The van der Waals surface area contributed by atoms with E-state index in [1.807, 2.05) is 31.2 Å². The highest BCUT2D eigenvalue weighted by Gasteiger charge is 2.14. The third-order valence-corrected chi connectivity index (χ3v) is 3.26. The fourth-order valence-electron chi connectivity index (χ4n) is 2.09. The van der Waals surface area contributed by atoms with Crippen molar-refractivity contribution in [1.29, 1.82) is 0 Å². The summed E-state index contributed by atoms with van der Waals surface area (Å²) in [5.74, 6) is 1.05. The molecule has 0 aliphatic carbocycles. The molecule has 6 heteroatoms. The van der Waals surface area contributed by atoms with E-state index in [1.165, 1.54) is 6.26 Å². The molecule has 0 spiro atoms. The molecule has 0 aliphatic rings. The highest BCUT2D eigenvalue weighted by molar-refractivity contribution is 6.02. The molecule has 2 aromatic heterocycles. The zero-order valence-electron chi connectivity index (χ0n) is 12.2. The van der Waals surface area contributed by atoms with Gasteiger partial charge in [-0.1, -0.05) is 12.1 Å². The van der Waals surface area contributed by atoms with Crippen LogP contribution in [0.5, 0.6) is 5.75 Å². The highest BCUT2D eigenvalue weighted by atomic mass is 16.5. The first-order chi connectivity index (χ1) is 10.7. The lowest BCUT2D eigenvalue weighted by atomic mass is 10.1. The van der Waals surface area contributed by atoms with Gasteiger partial charge in [0.25, 0.3) is 5.91 Å². The number of anilines is 1. The van der Waals surface area contributed by atoms with E-state index in [0.29, 0.717) is 5.95 Å². The molecule has 2 N–H and O–H groups in total. The third kappa shape index (κ3) is 2.71. The summed E-state index contributed by atoms with van der Waals surface area (Å²) < 4.78 is 10.3. The molecule has 0 saturated carbocycles. The molecule has 0 atom stereocenters. The molecule has 3 rings (SSSR count). The van der Waals surface area contributed by atoms with Gasteiger partial charge in [-0.3, -0.25) is 10.1 Å². The number of furan rings is 1. The number of rotatable bonds is 4. The number of nitrogens with zero attached hydrogens (tertiary/aromatic N) is 1. The van der Waals surface area contributed by atoms with E-state index >= 15 is 0 Å². The fourth-order valence-corrected chi connectivity index (χ4v) is 2.09. The molecule has 1 amide bonds. The number of aromatic amines is 1. The molecule has 6 nitrogen and oxygen atoms in total. The van der Waals surface area contributed by atoms with Crippen LogP contribution < -0.4 is 10.1 Å². The summed E-state index contributed by atoms with van der Waals surface area (Å²) >= 11 is 0. The normalized spacial score (nSPS) is 10.5. The van der Waals surface area contributed by atoms with Crippen LogP contribution in [0.4, 0.5) is 5.95 Å². The minimum Gasteiger partial charge on any atom is -0.497 e. The molecule has 0 aliphatic heterocycles. The Bertz CT molecular complexity index is 804. The monoisotopic (exact) mass is 297 g/mol. The van der Waals surface area contributed by atoms with E-state index in [0.717, 1.165) is 22.6 Å². The van der Waals surface area contributed by atoms with E-state index in [2.05, 4.69) is 15.3 Å². The Kier molecular flexibility index (Phi) is 3.65. The van der Waals surface area contributed by atoms with Crippen LogP contribution in [0, 0.1) is 6.92 Å². The van der Waals surface area contributed by atoms with Crippen LogP contribution in [-0.2, 0) is 0 Å². The average Bonchev–Trinajstić information content (AvgIpc) is 3.16. The molecule has 0 radical (unpaired) electrons. The smallest absolute Gasteiger partial charge is 0.293 e. The number of ether oxygens (including phenoxy) is 1. The standard InChI is InChI=1S/C16H15N3O3/c1-10-6-7-22-14(10)15(20)19-16-17-9-13(18-16)11-4-3-5-12(8-11)21-2/h3-9H,1-2H3,(H2,17,18,19,20). The number of hydrogen-bond donors (Lipinski definition) is 2. The fraction of sp³-hybridized carbons (Fsp3) is 0.125. The van der Waals surface area contributed by atoms with Crippen LogP contribution >= 0.6 is 0 Å². The second kappa shape index (κ2) is 5.77. The summed E-state index contributed by atoms with van der Waals surface area (Å²) in [5.41, 5.74) is 2.48. The molecule has 0 bridgehead atoms. The number of carbonyl (C=O) groups is 1. The molecular formula is C16H15N3O3. The van der Waals surface area contributed by atoms with Gasteiger partial charge in [0.15, 0.2) is 5.76 Å². The van der Waals surface area contributed by atoms with E-state index in [4.69, 9.17) is 9.15 Å². The Morgan fingerprint density at radius 1 is 1.36 bits per heavy atom. The minimum atomic E-state index is -0.339. The first-order valence-corrected chi connectivity index (χ1v) is 6.72. The summed E-state index contributed by atoms with van der Waals surface area (Å²) in [6.07, 6.45) is 3.13. The SMILES string of the molecule is COc1cccc(-c2cnc(NC(=O)c3occc3C)[nH]2)c1. The Morgan fingerprint density at radius 2 is 2.23 bits per heavy atom. The summed E-state index contributed by atoms with van der Waals surface area (Å²) in [4.78, 5) is 19.3. The largest absolute Gasteiger partial charge is 0.497 e. The minimum absolute atomic E-state index is 0.277. The van der Waals surface area contributed by atoms with Crippen LogP contribution in [0.3, 0.4) is 0 Å². The average molecular weight is 297 g/mol. The summed E-state index contributed by atoms with van der Waals surface area (Å²) in [6, 6.07) is 9.30. The van der Waals surface area contributed by atoms with E-state index in [1.54, 1.807) is 19.4 Å². The molecule has 0 unspecified atom stereocenters. The summed E-state index contributed by atoms with van der Waals surface area (Å²) in [5, 5.41) is 2.67. The second-order valence-corrected chi connectivity index (χ2v) is 4.76. The molecule has 3 aromatic rings. The molecule has 0 saturated heterocycles. The number of aryl methyl sites for hydroxylation is 1. The van der Waals surface area contributed by atoms with Crippen LogP contribution in [0.1, 0.15) is 16.1 Å². The number of amides is 1. The van der Waals surface area contributed by atoms with E-state index < -0.39 is 0 Å². The first-order valence-electron chi connectivity index (χ1n) is 6.72. The van der Waals surface area contributed by atoms with Gasteiger partial charge >= 0.3 is 0 Å². The van der Waals surface area contributed by atoms with E-state index in [-0.39, 0.29) is 11.7 Å². The van der Waals surface area contributed by atoms with Crippen molar-refractivity contribution < 1.29 is 13.9 Å². The van der Waals surface area contributed by atoms with Gasteiger partial charge in [0.2, 0.25) is 5.95 Å². The Morgan fingerprint density at radius 3 is 2.95 bits per heavy atom. The lowest BCUT2D eigenvalue weighted by Gasteiger charge is -2.02. The first kappa shape index (κ1) is 13.9. The molecule has 22 heavy (non-hydrogen) atoms. The lowest BCUT2D eigenvalue weighted by molar-refractivity contribution is 0.0995. The van der Waals surface area contributed by atoms with Crippen molar-refractivity contribution in [3.8, 4) is 17.0 Å².